The Balaban J connectivity index is 1.86. The normalized spacial score (nSPS) is 28.8. The Labute approximate surface area is 148 Å². The molecule has 1 fully saturated rings. The van der Waals surface area contributed by atoms with E-state index in [4.69, 9.17) is 9.47 Å². The van der Waals surface area contributed by atoms with Gasteiger partial charge in [0.05, 0.1) is 12.2 Å². The van der Waals surface area contributed by atoms with Gasteiger partial charge in [0.1, 0.15) is 29.9 Å². The lowest BCUT2D eigenvalue weighted by Crippen LogP contribution is -2.64. The smallest absolute Gasteiger partial charge is 0.255 e. The molecule has 2 aromatic rings. The van der Waals surface area contributed by atoms with Gasteiger partial charge in [-0.15, -0.1) is 0 Å². The highest BCUT2D eigenvalue weighted by Crippen LogP contribution is 2.28. The molecule has 0 spiro atoms. The minimum absolute atomic E-state index is 0.0444. The molecule has 1 amide bonds. The van der Waals surface area contributed by atoms with Gasteiger partial charge in [0.15, 0.2) is 12.0 Å². The number of benzene rings is 1. The van der Waals surface area contributed by atoms with Gasteiger partial charge in [-0.3, -0.25) is 9.78 Å². The molecule has 5 atom stereocenters. The predicted octanol–water partition coefficient (Wildman–Crippen LogP) is -0.876. The van der Waals surface area contributed by atoms with Crippen LogP contribution in [0.5, 0.6) is 5.75 Å². The summed E-state index contributed by atoms with van der Waals surface area (Å²) in [5.41, 5.74) is 0.223. The molecular weight excluding hydrogens is 344 g/mol. The van der Waals surface area contributed by atoms with Gasteiger partial charge in [-0.2, -0.15) is 0 Å². The number of nitrogens with one attached hydrogen (secondary N) is 1. The average molecular weight is 364 g/mol. The summed E-state index contributed by atoms with van der Waals surface area (Å²) in [7, 11) is 1.31. The van der Waals surface area contributed by atoms with E-state index in [9.17, 15) is 25.2 Å². The van der Waals surface area contributed by atoms with Crippen LogP contribution in [0.15, 0.2) is 30.5 Å². The van der Waals surface area contributed by atoms with Gasteiger partial charge in [0.2, 0.25) is 0 Å². The van der Waals surface area contributed by atoms with Crippen molar-refractivity contribution in [3.63, 3.8) is 0 Å². The highest BCUT2D eigenvalue weighted by atomic mass is 16.7. The quantitative estimate of drug-likeness (QED) is 0.471. The number of phenols is 1. The largest absolute Gasteiger partial charge is 0.505 e. The van der Waals surface area contributed by atoms with Crippen LogP contribution in [0.3, 0.4) is 0 Å². The Morgan fingerprint density at radius 3 is 2.77 bits per heavy atom. The lowest BCUT2D eigenvalue weighted by molar-refractivity contribution is -0.261. The molecule has 0 unspecified atom stereocenters. The molecule has 0 saturated carbocycles. The lowest BCUT2D eigenvalue weighted by Gasteiger charge is -2.41. The Morgan fingerprint density at radius 2 is 2.08 bits per heavy atom. The number of phenolic OH excluding ortho intramolecular Hbond substituents is 1. The number of fused-ring (bicyclic) bond motifs is 1. The molecule has 1 aliphatic rings. The van der Waals surface area contributed by atoms with Crippen molar-refractivity contribution in [2.24, 2.45) is 0 Å². The molecule has 0 radical (unpaired) electrons. The van der Waals surface area contributed by atoms with Crippen LogP contribution in [0, 0.1) is 0 Å². The first-order valence-corrected chi connectivity index (χ1v) is 8.00. The van der Waals surface area contributed by atoms with E-state index in [1.165, 1.54) is 19.4 Å². The van der Waals surface area contributed by atoms with E-state index in [0.29, 0.717) is 5.39 Å². The highest BCUT2D eigenvalue weighted by Gasteiger charge is 2.45. The van der Waals surface area contributed by atoms with Gasteiger partial charge in [-0.1, -0.05) is 12.1 Å². The molecule has 3 rings (SSSR count). The van der Waals surface area contributed by atoms with Crippen molar-refractivity contribution in [2.45, 2.75) is 30.6 Å². The number of ether oxygens (including phenoxy) is 2. The number of aromatic nitrogens is 1. The van der Waals surface area contributed by atoms with E-state index in [2.05, 4.69) is 10.3 Å². The van der Waals surface area contributed by atoms with Crippen molar-refractivity contribution in [1.82, 2.24) is 10.3 Å². The molecule has 2 heterocycles. The summed E-state index contributed by atoms with van der Waals surface area (Å²) in [5, 5.41) is 43.0. The summed E-state index contributed by atoms with van der Waals surface area (Å²) in [4.78, 5) is 16.6. The first-order chi connectivity index (χ1) is 12.5. The molecule has 9 heteroatoms. The number of methoxy groups -OCH3 is 1. The van der Waals surface area contributed by atoms with Crippen LogP contribution < -0.4 is 5.32 Å². The van der Waals surface area contributed by atoms with Crippen molar-refractivity contribution >= 4 is 16.8 Å². The fourth-order valence-electron chi connectivity index (χ4n) is 2.98. The topological polar surface area (TPSA) is 141 Å². The van der Waals surface area contributed by atoms with Crippen molar-refractivity contribution in [2.75, 3.05) is 13.7 Å². The highest BCUT2D eigenvalue weighted by molar-refractivity contribution is 6.02. The second-order valence-electron chi connectivity index (χ2n) is 5.98. The number of amides is 1. The van der Waals surface area contributed by atoms with Crippen LogP contribution >= 0.6 is 0 Å². The number of aliphatic hydroxyl groups is 3. The summed E-state index contributed by atoms with van der Waals surface area (Å²) in [5.74, 6) is -0.992. The number of carbonyl (C=O) groups is 1. The van der Waals surface area contributed by atoms with Crippen LogP contribution in [0.1, 0.15) is 10.4 Å². The monoisotopic (exact) mass is 364 g/mol. The summed E-state index contributed by atoms with van der Waals surface area (Å²) in [6.45, 7) is -0.518. The van der Waals surface area contributed by atoms with Gasteiger partial charge in [-0.25, -0.2) is 0 Å². The number of aromatic hydroxyl groups is 1. The first-order valence-electron chi connectivity index (χ1n) is 8.00. The van der Waals surface area contributed by atoms with E-state index in [1.54, 1.807) is 18.2 Å². The zero-order chi connectivity index (χ0) is 18.8. The van der Waals surface area contributed by atoms with Crippen molar-refractivity contribution in [3.8, 4) is 5.75 Å². The molecular formula is C17H20N2O7. The predicted molar refractivity (Wildman–Crippen MR) is 89.4 cm³/mol. The number of hydrogen-bond acceptors (Lipinski definition) is 8. The van der Waals surface area contributed by atoms with Gasteiger partial charge in [-0.05, 0) is 12.1 Å². The number of carbonyl (C=O) groups excluding carboxylic acids is 1. The standard InChI is InChI=1S/C17H20N2O7/c1-25-17-12(15(23)14(22)10(7-20)26-17)19-16(24)9-5-4-8-3-2-6-18-11(8)13(9)21/h2-6,10,12,14-15,17,20-23H,7H2,1H3,(H,19,24)/t10-,12-,14-,15-,17-/m1/s1. The summed E-state index contributed by atoms with van der Waals surface area (Å²) < 4.78 is 10.4. The zero-order valence-corrected chi connectivity index (χ0v) is 13.9. The first kappa shape index (κ1) is 18.5. The molecule has 1 aromatic carbocycles. The lowest BCUT2D eigenvalue weighted by atomic mass is 9.96. The van der Waals surface area contributed by atoms with Crippen LogP contribution in [-0.4, -0.2) is 75.7 Å². The number of rotatable bonds is 4. The van der Waals surface area contributed by atoms with E-state index in [-0.39, 0.29) is 16.8 Å². The molecule has 9 nitrogen and oxygen atoms in total. The Kier molecular flexibility index (Phi) is 5.35. The number of pyridine rings is 1. The molecule has 140 valence electrons. The maximum absolute atomic E-state index is 12.6. The fourth-order valence-corrected chi connectivity index (χ4v) is 2.98. The van der Waals surface area contributed by atoms with Crippen LogP contribution in [0.25, 0.3) is 10.9 Å². The van der Waals surface area contributed by atoms with Crippen molar-refractivity contribution in [1.29, 1.82) is 0 Å². The maximum Gasteiger partial charge on any atom is 0.255 e. The second kappa shape index (κ2) is 7.52. The third-order valence-corrected chi connectivity index (χ3v) is 4.40. The molecule has 26 heavy (non-hydrogen) atoms. The van der Waals surface area contributed by atoms with Crippen LogP contribution in [0.2, 0.25) is 0 Å². The van der Waals surface area contributed by atoms with Crippen LogP contribution in [-0.2, 0) is 9.47 Å². The minimum Gasteiger partial charge on any atom is -0.505 e. The molecule has 0 aliphatic carbocycles. The van der Waals surface area contributed by atoms with Gasteiger partial charge < -0.3 is 35.2 Å². The van der Waals surface area contributed by atoms with E-state index >= 15 is 0 Å². The fraction of sp³-hybridized carbons (Fsp3) is 0.412. The zero-order valence-electron chi connectivity index (χ0n) is 13.9. The molecule has 0 bridgehead atoms. The van der Waals surface area contributed by atoms with E-state index < -0.39 is 43.2 Å². The maximum atomic E-state index is 12.6. The van der Waals surface area contributed by atoms with E-state index in [1.807, 2.05) is 0 Å². The number of aliphatic hydroxyl groups excluding tert-OH is 3. The van der Waals surface area contributed by atoms with Gasteiger partial charge >= 0.3 is 0 Å². The molecule has 5 N–H and O–H groups in total. The van der Waals surface area contributed by atoms with E-state index in [0.717, 1.165) is 0 Å². The molecule has 1 saturated heterocycles. The SMILES string of the molecule is CO[C@@H]1O[C@H](CO)[C@@H](O)[C@H](O)[C@H]1NC(=O)c1ccc2cccnc2c1O. The third-order valence-electron chi connectivity index (χ3n) is 4.40. The molecule has 1 aromatic heterocycles. The average Bonchev–Trinajstić information content (AvgIpc) is 2.66. The Morgan fingerprint density at radius 1 is 1.31 bits per heavy atom. The number of nitrogens with zero attached hydrogens (tertiary/aromatic N) is 1. The summed E-state index contributed by atoms with van der Waals surface area (Å²) >= 11 is 0. The van der Waals surface area contributed by atoms with Gasteiger partial charge in [0, 0.05) is 18.7 Å². The minimum atomic E-state index is -1.43. The number of hydrogen-bond donors (Lipinski definition) is 5. The van der Waals surface area contributed by atoms with Crippen LogP contribution in [0.4, 0.5) is 0 Å². The van der Waals surface area contributed by atoms with Gasteiger partial charge in [0.25, 0.3) is 5.91 Å². The molecule has 1 aliphatic heterocycles. The summed E-state index contributed by atoms with van der Waals surface area (Å²) in [6.07, 6.45) is -3.48. The van der Waals surface area contributed by atoms with Crippen molar-refractivity contribution < 1.29 is 34.7 Å². The second-order valence-corrected chi connectivity index (χ2v) is 5.98. The Bertz CT molecular complexity index is 798. The third kappa shape index (κ3) is 3.22. The Hall–Kier alpha value is -2.30. The van der Waals surface area contributed by atoms with Crippen molar-refractivity contribution in [3.05, 3.63) is 36.0 Å². The summed E-state index contributed by atoms with van der Waals surface area (Å²) in [6, 6.07) is 5.41.